The summed E-state index contributed by atoms with van der Waals surface area (Å²) in [7, 11) is 0. The van der Waals surface area contributed by atoms with Gasteiger partial charge in [0.1, 0.15) is 0 Å². The zero-order valence-corrected chi connectivity index (χ0v) is 11.8. The van der Waals surface area contributed by atoms with E-state index in [-0.39, 0.29) is 5.54 Å². The Hall–Kier alpha value is -1.02. The van der Waals surface area contributed by atoms with Crippen LogP contribution in [-0.2, 0) is 0 Å². The highest BCUT2D eigenvalue weighted by Crippen LogP contribution is 2.22. The van der Waals surface area contributed by atoms with E-state index < -0.39 is 0 Å². The Balaban J connectivity index is 2.67. The largest absolute Gasteiger partial charge is 0.385 e. The predicted octanol–water partition coefficient (Wildman–Crippen LogP) is 3.66. The van der Waals surface area contributed by atoms with Gasteiger partial charge in [-0.15, -0.1) is 0 Å². The van der Waals surface area contributed by atoms with Gasteiger partial charge >= 0.3 is 0 Å². The molecule has 1 aromatic carbocycles. The average molecular weight is 234 g/mol. The van der Waals surface area contributed by atoms with Crippen LogP contribution in [0.15, 0.2) is 18.2 Å². The Morgan fingerprint density at radius 3 is 2.47 bits per heavy atom. The van der Waals surface area contributed by atoms with Gasteiger partial charge in [-0.3, -0.25) is 0 Å². The second kappa shape index (κ2) is 5.54. The van der Waals surface area contributed by atoms with Crippen LogP contribution in [0.3, 0.4) is 0 Å². The van der Waals surface area contributed by atoms with Crippen LogP contribution in [0, 0.1) is 6.92 Å². The molecule has 0 aliphatic carbocycles. The van der Waals surface area contributed by atoms with Crippen LogP contribution in [0.25, 0.3) is 0 Å². The van der Waals surface area contributed by atoms with E-state index in [4.69, 9.17) is 5.73 Å². The Morgan fingerprint density at radius 2 is 1.94 bits per heavy atom. The number of hydrogen-bond acceptors (Lipinski definition) is 2. The van der Waals surface area contributed by atoms with Gasteiger partial charge in [0.15, 0.2) is 0 Å². The van der Waals surface area contributed by atoms with Gasteiger partial charge in [0.05, 0.1) is 0 Å². The van der Waals surface area contributed by atoms with Crippen molar-refractivity contribution in [1.82, 2.24) is 0 Å². The normalized spacial score (nSPS) is 11.9. The van der Waals surface area contributed by atoms with Gasteiger partial charge in [-0.1, -0.05) is 26.0 Å². The van der Waals surface area contributed by atoms with Gasteiger partial charge in [-0.05, 0) is 50.3 Å². The van der Waals surface area contributed by atoms with Crippen molar-refractivity contribution in [2.75, 3.05) is 11.9 Å². The molecule has 0 unspecified atom stereocenters. The maximum Gasteiger partial charge on any atom is 0.0372 e. The van der Waals surface area contributed by atoms with Crippen LogP contribution in [0.1, 0.15) is 51.2 Å². The lowest BCUT2D eigenvalue weighted by Crippen LogP contribution is -2.34. The molecule has 0 aromatic heterocycles. The Bertz CT molecular complexity index is 362. The zero-order valence-electron chi connectivity index (χ0n) is 11.8. The molecule has 0 aliphatic heterocycles. The highest BCUT2D eigenvalue weighted by Gasteiger charge is 2.10. The summed E-state index contributed by atoms with van der Waals surface area (Å²) in [6, 6.07) is 6.65. The van der Waals surface area contributed by atoms with Crippen molar-refractivity contribution in [3.05, 3.63) is 29.3 Å². The lowest BCUT2D eigenvalue weighted by molar-refractivity contribution is 0.490. The minimum absolute atomic E-state index is 0.101. The summed E-state index contributed by atoms with van der Waals surface area (Å²) in [5, 5.41) is 3.48. The molecule has 1 aromatic rings. The number of benzene rings is 1. The van der Waals surface area contributed by atoms with Crippen LogP contribution in [0.5, 0.6) is 0 Å². The van der Waals surface area contributed by atoms with E-state index in [0.717, 1.165) is 13.0 Å². The third kappa shape index (κ3) is 4.78. The summed E-state index contributed by atoms with van der Waals surface area (Å²) in [5.74, 6) is 0.571. The molecule has 17 heavy (non-hydrogen) atoms. The van der Waals surface area contributed by atoms with Crippen molar-refractivity contribution in [2.45, 2.75) is 52.5 Å². The Morgan fingerprint density at radius 1 is 1.29 bits per heavy atom. The number of hydrogen-bond donors (Lipinski definition) is 2. The topological polar surface area (TPSA) is 38.0 Å². The summed E-state index contributed by atoms with van der Waals surface area (Å²) < 4.78 is 0. The summed E-state index contributed by atoms with van der Waals surface area (Å²) in [6.07, 6.45) is 0.971. The molecule has 0 spiro atoms. The molecular formula is C15H26N2. The number of rotatable bonds is 5. The van der Waals surface area contributed by atoms with E-state index in [0.29, 0.717) is 5.92 Å². The summed E-state index contributed by atoms with van der Waals surface area (Å²) in [5.41, 5.74) is 9.79. The molecule has 0 saturated carbocycles. The predicted molar refractivity (Wildman–Crippen MR) is 76.6 cm³/mol. The highest BCUT2D eigenvalue weighted by atomic mass is 14.9. The van der Waals surface area contributed by atoms with Crippen LogP contribution in [0.4, 0.5) is 5.69 Å². The number of nitrogens with one attached hydrogen (secondary N) is 1. The summed E-state index contributed by atoms with van der Waals surface area (Å²) in [4.78, 5) is 0. The van der Waals surface area contributed by atoms with Crippen LogP contribution < -0.4 is 11.1 Å². The first-order chi connectivity index (χ1) is 7.79. The second-order valence-corrected chi connectivity index (χ2v) is 5.89. The Kier molecular flexibility index (Phi) is 4.58. The van der Waals surface area contributed by atoms with Gasteiger partial charge < -0.3 is 11.1 Å². The minimum Gasteiger partial charge on any atom is -0.385 e. The van der Waals surface area contributed by atoms with E-state index >= 15 is 0 Å². The van der Waals surface area contributed by atoms with Gasteiger partial charge in [0, 0.05) is 17.8 Å². The van der Waals surface area contributed by atoms with E-state index in [1.54, 1.807) is 0 Å². The van der Waals surface area contributed by atoms with Crippen LogP contribution in [-0.4, -0.2) is 12.1 Å². The summed E-state index contributed by atoms with van der Waals surface area (Å²) >= 11 is 0. The smallest absolute Gasteiger partial charge is 0.0372 e. The second-order valence-electron chi connectivity index (χ2n) is 5.89. The van der Waals surface area contributed by atoms with Gasteiger partial charge in [-0.25, -0.2) is 0 Å². The van der Waals surface area contributed by atoms with E-state index in [1.165, 1.54) is 16.8 Å². The first-order valence-corrected chi connectivity index (χ1v) is 6.43. The molecule has 1 rings (SSSR count). The molecule has 3 N–H and O–H groups in total. The Labute approximate surface area is 106 Å². The SMILES string of the molecule is Cc1ccc(C(C)C)cc1NCCC(C)(C)N. The quantitative estimate of drug-likeness (QED) is 0.816. The zero-order chi connectivity index (χ0) is 13.1. The fourth-order valence-electron chi connectivity index (χ4n) is 1.71. The average Bonchev–Trinajstić information content (AvgIpc) is 2.18. The molecule has 0 atom stereocenters. The van der Waals surface area contributed by atoms with E-state index in [9.17, 15) is 0 Å². The van der Waals surface area contributed by atoms with Crippen molar-refractivity contribution < 1.29 is 0 Å². The molecule has 2 nitrogen and oxygen atoms in total. The molecule has 0 fully saturated rings. The molecule has 96 valence electrons. The van der Waals surface area contributed by atoms with Crippen molar-refractivity contribution in [1.29, 1.82) is 0 Å². The molecule has 0 saturated heterocycles. The minimum atomic E-state index is -0.101. The molecule has 0 heterocycles. The fraction of sp³-hybridized carbons (Fsp3) is 0.600. The van der Waals surface area contributed by atoms with Crippen molar-refractivity contribution in [3.63, 3.8) is 0 Å². The molecule has 0 amide bonds. The fourth-order valence-corrected chi connectivity index (χ4v) is 1.71. The maximum atomic E-state index is 5.98. The number of nitrogens with two attached hydrogens (primary N) is 1. The third-order valence-corrected chi connectivity index (χ3v) is 3.01. The first-order valence-electron chi connectivity index (χ1n) is 6.43. The van der Waals surface area contributed by atoms with Gasteiger partial charge in [0.2, 0.25) is 0 Å². The van der Waals surface area contributed by atoms with Crippen molar-refractivity contribution >= 4 is 5.69 Å². The molecule has 0 radical (unpaired) electrons. The monoisotopic (exact) mass is 234 g/mol. The van der Waals surface area contributed by atoms with Gasteiger partial charge in [0.25, 0.3) is 0 Å². The lowest BCUT2D eigenvalue weighted by atomic mass is 10.00. The summed E-state index contributed by atoms with van der Waals surface area (Å²) in [6.45, 7) is 11.6. The lowest BCUT2D eigenvalue weighted by Gasteiger charge is -2.20. The standard InChI is InChI=1S/C15H26N2/c1-11(2)13-7-6-12(3)14(10-13)17-9-8-15(4,5)16/h6-7,10-11,17H,8-9,16H2,1-5H3. The van der Waals surface area contributed by atoms with Crippen molar-refractivity contribution in [3.8, 4) is 0 Å². The molecule has 0 aliphatic rings. The third-order valence-electron chi connectivity index (χ3n) is 3.01. The first kappa shape index (κ1) is 14.0. The van der Waals surface area contributed by atoms with Gasteiger partial charge in [-0.2, -0.15) is 0 Å². The molecule has 2 heteroatoms. The molecule has 0 bridgehead atoms. The molecular weight excluding hydrogens is 208 g/mol. The van der Waals surface area contributed by atoms with E-state index in [2.05, 4.69) is 58.1 Å². The van der Waals surface area contributed by atoms with Crippen LogP contribution >= 0.6 is 0 Å². The van der Waals surface area contributed by atoms with E-state index in [1.807, 2.05) is 0 Å². The number of anilines is 1. The number of aryl methyl sites for hydroxylation is 1. The highest BCUT2D eigenvalue weighted by molar-refractivity contribution is 5.53. The van der Waals surface area contributed by atoms with Crippen LogP contribution in [0.2, 0.25) is 0 Å². The van der Waals surface area contributed by atoms with Crippen molar-refractivity contribution in [2.24, 2.45) is 5.73 Å². The maximum absolute atomic E-state index is 5.98.